The highest BCUT2D eigenvalue weighted by Gasteiger charge is 2.11. The van der Waals surface area contributed by atoms with Crippen molar-refractivity contribution in [3.05, 3.63) is 40.3 Å². The van der Waals surface area contributed by atoms with Gasteiger partial charge in [-0.2, -0.15) is 16.4 Å². The molecule has 2 heterocycles. The van der Waals surface area contributed by atoms with E-state index in [-0.39, 0.29) is 5.91 Å². The van der Waals surface area contributed by atoms with Crippen molar-refractivity contribution in [3.8, 4) is 0 Å². The summed E-state index contributed by atoms with van der Waals surface area (Å²) in [5.74, 6) is -0.0660. The van der Waals surface area contributed by atoms with Gasteiger partial charge in [-0.15, -0.1) is 0 Å². The molecule has 0 aliphatic carbocycles. The fourth-order valence-electron chi connectivity index (χ4n) is 1.09. The highest BCUT2D eigenvalue weighted by molar-refractivity contribution is 7.08. The zero-order valence-electron chi connectivity index (χ0n) is 7.10. The van der Waals surface area contributed by atoms with Crippen LogP contribution in [0.1, 0.15) is 15.9 Å². The molecule has 0 fully saturated rings. The molecule has 0 aliphatic rings. The lowest BCUT2D eigenvalue weighted by molar-refractivity contribution is 0.0945. The van der Waals surface area contributed by atoms with Crippen LogP contribution in [0.5, 0.6) is 0 Å². The van der Waals surface area contributed by atoms with Gasteiger partial charge in [-0.25, -0.2) is 4.68 Å². The van der Waals surface area contributed by atoms with Crippen molar-refractivity contribution in [1.29, 1.82) is 0 Å². The van der Waals surface area contributed by atoms with Crippen molar-refractivity contribution in [2.75, 3.05) is 0 Å². The first kappa shape index (κ1) is 8.19. The van der Waals surface area contributed by atoms with Crippen LogP contribution in [-0.4, -0.2) is 15.7 Å². The molecule has 3 nitrogen and oxygen atoms in total. The molecule has 2 rings (SSSR count). The molecule has 13 heavy (non-hydrogen) atoms. The van der Waals surface area contributed by atoms with Crippen molar-refractivity contribution in [1.82, 2.24) is 9.78 Å². The number of thiophene rings is 1. The van der Waals surface area contributed by atoms with Crippen molar-refractivity contribution in [2.24, 2.45) is 0 Å². The summed E-state index contributed by atoms with van der Waals surface area (Å²) in [4.78, 5) is 11.7. The summed E-state index contributed by atoms with van der Waals surface area (Å²) in [5.41, 5.74) is 1.74. The summed E-state index contributed by atoms with van der Waals surface area (Å²) >= 11 is 1.53. The van der Waals surface area contributed by atoms with Gasteiger partial charge in [0, 0.05) is 17.8 Å². The lowest BCUT2D eigenvalue weighted by Gasteiger charge is -1.97. The molecule has 4 heteroatoms. The summed E-state index contributed by atoms with van der Waals surface area (Å²) in [6, 6.07) is 1.74. The third kappa shape index (κ3) is 1.40. The number of aryl methyl sites for hydroxylation is 1. The van der Waals surface area contributed by atoms with Crippen LogP contribution in [0.2, 0.25) is 0 Å². The normalized spacial score (nSPS) is 10.2. The topological polar surface area (TPSA) is 34.9 Å². The number of rotatable bonds is 1. The van der Waals surface area contributed by atoms with E-state index < -0.39 is 0 Å². The Balaban J connectivity index is 2.39. The van der Waals surface area contributed by atoms with Crippen molar-refractivity contribution in [3.63, 3.8) is 0 Å². The summed E-state index contributed by atoms with van der Waals surface area (Å²) < 4.78 is 1.34. The Labute approximate surface area is 79.6 Å². The van der Waals surface area contributed by atoms with Gasteiger partial charge in [0.1, 0.15) is 0 Å². The molecule has 66 valence electrons. The Kier molecular flexibility index (Phi) is 1.98. The summed E-state index contributed by atoms with van der Waals surface area (Å²) in [6.07, 6.45) is 3.25. The third-order valence-electron chi connectivity index (χ3n) is 1.80. The van der Waals surface area contributed by atoms with Crippen molar-refractivity contribution >= 4 is 17.2 Å². The molecule has 2 aromatic rings. The van der Waals surface area contributed by atoms with E-state index in [4.69, 9.17) is 0 Å². The van der Waals surface area contributed by atoms with E-state index >= 15 is 0 Å². The monoisotopic (exact) mass is 192 g/mol. The van der Waals surface area contributed by atoms with Crippen LogP contribution in [-0.2, 0) is 0 Å². The maximum Gasteiger partial charge on any atom is 0.279 e. The van der Waals surface area contributed by atoms with Crippen LogP contribution < -0.4 is 0 Å². The van der Waals surface area contributed by atoms with Gasteiger partial charge in [-0.1, -0.05) is 0 Å². The number of hydrogen-bond acceptors (Lipinski definition) is 3. The quantitative estimate of drug-likeness (QED) is 0.692. The van der Waals surface area contributed by atoms with E-state index in [0.717, 1.165) is 11.1 Å². The average molecular weight is 192 g/mol. The summed E-state index contributed by atoms with van der Waals surface area (Å²) in [6.45, 7) is 1.92. The van der Waals surface area contributed by atoms with E-state index in [9.17, 15) is 4.79 Å². The minimum Gasteiger partial charge on any atom is -0.267 e. The molecule has 0 spiro atoms. The SMILES string of the molecule is Cc1cscc1C(=O)n1cccn1. The van der Waals surface area contributed by atoms with Gasteiger partial charge in [0.25, 0.3) is 5.91 Å². The fourth-order valence-corrected chi connectivity index (χ4v) is 1.91. The first-order valence-electron chi connectivity index (χ1n) is 3.86. The number of hydrogen-bond donors (Lipinski definition) is 0. The summed E-state index contributed by atoms with van der Waals surface area (Å²) in [7, 11) is 0. The minimum atomic E-state index is -0.0660. The zero-order chi connectivity index (χ0) is 9.26. The van der Waals surface area contributed by atoms with E-state index in [1.807, 2.05) is 17.7 Å². The van der Waals surface area contributed by atoms with Crippen LogP contribution in [0, 0.1) is 6.92 Å². The molecular formula is C9H8N2OS. The van der Waals surface area contributed by atoms with Crippen LogP contribution in [0.4, 0.5) is 0 Å². The molecule has 0 bridgehead atoms. The Hall–Kier alpha value is -1.42. The van der Waals surface area contributed by atoms with Gasteiger partial charge in [-0.3, -0.25) is 4.79 Å². The van der Waals surface area contributed by atoms with Gasteiger partial charge in [0.2, 0.25) is 0 Å². The highest BCUT2D eigenvalue weighted by atomic mass is 32.1. The van der Waals surface area contributed by atoms with E-state index in [2.05, 4.69) is 5.10 Å². The maximum absolute atomic E-state index is 11.7. The van der Waals surface area contributed by atoms with Crippen molar-refractivity contribution in [2.45, 2.75) is 6.92 Å². The average Bonchev–Trinajstić information content (AvgIpc) is 2.72. The number of carbonyl (C=O) groups is 1. The Morgan fingerprint density at radius 1 is 1.54 bits per heavy atom. The van der Waals surface area contributed by atoms with Crippen LogP contribution in [0.3, 0.4) is 0 Å². The smallest absolute Gasteiger partial charge is 0.267 e. The van der Waals surface area contributed by atoms with E-state index in [1.165, 1.54) is 16.0 Å². The number of carbonyl (C=O) groups excluding carboxylic acids is 1. The molecule has 0 unspecified atom stereocenters. The summed E-state index contributed by atoms with van der Waals surface area (Å²) in [5, 5.41) is 7.69. The van der Waals surface area contributed by atoms with E-state index in [1.54, 1.807) is 18.5 Å². The van der Waals surface area contributed by atoms with Crippen molar-refractivity contribution < 1.29 is 4.79 Å². The lowest BCUT2D eigenvalue weighted by atomic mass is 10.2. The van der Waals surface area contributed by atoms with Gasteiger partial charge in [-0.05, 0) is 23.9 Å². The fraction of sp³-hybridized carbons (Fsp3) is 0.111. The number of aromatic nitrogens is 2. The minimum absolute atomic E-state index is 0.0660. The first-order valence-corrected chi connectivity index (χ1v) is 4.80. The molecule has 0 saturated heterocycles. The van der Waals surface area contributed by atoms with E-state index in [0.29, 0.717) is 0 Å². The number of nitrogens with zero attached hydrogens (tertiary/aromatic N) is 2. The van der Waals surface area contributed by atoms with Crippen LogP contribution in [0.25, 0.3) is 0 Å². The van der Waals surface area contributed by atoms with Crippen LogP contribution in [0.15, 0.2) is 29.2 Å². The standard InChI is InChI=1S/C9H8N2OS/c1-7-5-13-6-8(7)9(12)11-4-2-3-10-11/h2-6H,1H3. The Bertz CT molecular complexity index is 417. The lowest BCUT2D eigenvalue weighted by Crippen LogP contribution is -2.12. The predicted molar refractivity (Wildman–Crippen MR) is 51.0 cm³/mol. The molecule has 2 aromatic heterocycles. The van der Waals surface area contributed by atoms with Crippen LogP contribution >= 0.6 is 11.3 Å². The molecule has 0 aromatic carbocycles. The maximum atomic E-state index is 11.7. The second kappa shape index (κ2) is 3.14. The second-order valence-electron chi connectivity index (χ2n) is 2.72. The zero-order valence-corrected chi connectivity index (χ0v) is 7.91. The molecule has 0 atom stereocenters. The molecular weight excluding hydrogens is 184 g/mol. The van der Waals surface area contributed by atoms with Gasteiger partial charge < -0.3 is 0 Å². The van der Waals surface area contributed by atoms with Gasteiger partial charge in [0.05, 0.1) is 5.56 Å². The first-order chi connectivity index (χ1) is 6.29. The Morgan fingerprint density at radius 3 is 2.92 bits per heavy atom. The largest absolute Gasteiger partial charge is 0.279 e. The molecule has 0 N–H and O–H groups in total. The third-order valence-corrected chi connectivity index (χ3v) is 2.66. The predicted octanol–water partition coefficient (Wildman–Crippen LogP) is 1.94. The molecule has 0 amide bonds. The van der Waals surface area contributed by atoms with Gasteiger partial charge in [0.15, 0.2) is 0 Å². The Morgan fingerprint density at radius 2 is 2.38 bits per heavy atom. The second-order valence-corrected chi connectivity index (χ2v) is 3.47. The highest BCUT2D eigenvalue weighted by Crippen LogP contribution is 2.14. The molecule has 0 saturated carbocycles. The van der Waals surface area contributed by atoms with Gasteiger partial charge >= 0.3 is 0 Å². The molecule has 0 aliphatic heterocycles. The molecule has 0 radical (unpaired) electrons.